The molecule has 8 nitrogen and oxygen atoms in total. The lowest BCUT2D eigenvalue weighted by Crippen LogP contribution is -2.41. The normalized spacial score (nSPS) is 11.9. The largest absolute Gasteiger partial charge is 0.497 e. The molecule has 45 heavy (non-hydrogen) atoms. The lowest BCUT2D eigenvalue weighted by atomic mass is 10.1. The standard InChI is InChI=1S/C35H40ClN5O3Si/c1-35(2,3)45(6,7)44-16-8-15-41(27-19-28(42-4)22-29(20-27)43-5)26-9-10-30-32(21-26)40-33(23-39-30)24-11-13-37-31(17-24)25-12-14-38-34(36)18-25/h9-14,17-23H,8,15-16H2,1-7H3. The first-order valence-electron chi connectivity index (χ1n) is 15.0. The molecule has 0 aliphatic rings. The number of fused-ring (bicyclic) bond motifs is 1. The summed E-state index contributed by atoms with van der Waals surface area (Å²) in [6.07, 6.45) is 6.08. The monoisotopic (exact) mass is 641 g/mol. The van der Waals surface area contributed by atoms with E-state index in [2.05, 4.69) is 60.9 Å². The van der Waals surface area contributed by atoms with E-state index in [0.29, 0.717) is 11.8 Å². The van der Waals surface area contributed by atoms with E-state index in [1.807, 2.05) is 42.5 Å². The molecule has 0 amide bonds. The third-order valence-electron chi connectivity index (χ3n) is 8.36. The maximum absolute atomic E-state index is 6.51. The Bertz CT molecular complexity index is 1770. The van der Waals surface area contributed by atoms with Crippen molar-refractivity contribution >= 4 is 42.3 Å². The van der Waals surface area contributed by atoms with Crippen molar-refractivity contribution in [1.82, 2.24) is 19.9 Å². The number of hydrogen-bond acceptors (Lipinski definition) is 8. The van der Waals surface area contributed by atoms with Gasteiger partial charge in [0.25, 0.3) is 0 Å². The minimum atomic E-state index is -1.86. The van der Waals surface area contributed by atoms with E-state index >= 15 is 0 Å². The van der Waals surface area contributed by atoms with Gasteiger partial charge < -0.3 is 18.8 Å². The molecular formula is C35H40ClN5O3Si. The summed E-state index contributed by atoms with van der Waals surface area (Å²) in [6.45, 7) is 12.8. The molecule has 0 N–H and O–H groups in total. The number of benzene rings is 2. The predicted molar refractivity (Wildman–Crippen MR) is 185 cm³/mol. The number of ether oxygens (including phenoxy) is 2. The average molecular weight is 642 g/mol. The van der Waals surface area contributed by atoms with Gasteiger partial charge in [-0.25, -0.2) is 9.97 Å². The first-order chi connectivity index (χ1) is 21.5. The van der Waals surface area contributed by atoms with E-state index in [-0.39, 0.29) is 5.04 Å². The lowest BCUT2D eigenvalue weighted by molar-refractivity contribution is 0.284. The molecule has 0 radical (unpaired) electrons. The fraction of sp³-hybridized carbons (Fsp3) is 0.314. The van der Waals surface area contributed by atoms with E-state index in [4.69, 9.17) is 35.5 Å². The molecule has 0 fully saturated rings. The number of methoxy groups -OCH3 is 2. The van der Waals surface area contributed by atoms with Crippen LogP contribution in [0.4, 0.5) is 11.4 Å². The average Bonchev–Trinajstić information content (AvgIpc) is 3.03. The van der Waals surface area contributed by atoms with Gasteiger partial charge in [-0.05, 0) is 67.0 Å². The summed E-state index contributed by atoms with van der Waals surface area (Å²) < 4.78 is 17.7. The smallest absolute Gasteiger partial charge is 0.191 e. The van der Waals surface area contributed by atoms with Crippen molar-refractivity contribution in [3.8, 4) is 34.0 Å². The Labute approximate surface area is 271 Å². The first kappa shape index (κ1) is 32.3. The zero-order valence-electron chi connectivity index (χ0n) is 27.0. The van der Waals surface area contributed by atoms with Crippen LogP contribution in [-0.2, 0) is 4.43 Å². The van der Waals surface area contributed by atoms with E-state index in [0.717, 1.165) is 69.4 Å². The molecule has 0 aliphatic carbocycles. The van der Waals surface area contributed by atoms with Crippen molar-refractivity contribution in [3.05, 3.63) is 84.4 Å². The minimum absolute atomic E-state index is 0.155. The molecule has 3 heterocycles. The summed E-state index contributed by atoms with van der Waals surface area (Å²) >= 11 is 6.13. The molecular weight excluding hydrogens is 602 g/mol. The van der Waals surface area contributed by atoms with Crippen LogP contribution in [0, 0.1) is 0 Å². The third kappa shape index (κ3) is 7.61. The van der Waals surface area contributed by atoms with E-state index in [1.54, 1.807) is 38.9 Å². The van der Waals surface area contributed by atoms with Crippen LogP contribution >= 0.6 is 11.6 Å². The van der Waals surface area contributed by atoms with Crippen LogP contribution in [0.25, 0.3) is 33.5 Å². The molecule has 10 heteroatoms. The molecule has 5 aromatic rings. The molecule has 0 aliphatic heterocycles. The van der Waals surface area contributed by atoms with Crippen molar-refractivity contribution in [1.29, 1.82) is 0 Å². The minimum Gasteiger partial charge on any atom is -0.497 e. The Morgan fingerprint density at radius 3 is 2.11 bits per heavy atom. The van der Waals surface area contributed by atoms with Crippen molar-refractivity contribution in [2.75, 3.05) is 32.3 Å². The summed E-state index contributed by atoms with van der Waals surface area (Å²) in [5.41, 5.74) is 6.86. The highest BCUT2D eigenvalue weighted by Crippen LogP contribution is 2.37. The SMILES string of the molecule is COc1cc(OC)cc(N(CCCO[Si](C)(C)C(C)(C)C)c2ccc3ncc(-c4ccnc(-c5ccnc(Cl)c5)c4)nc3c2)c1. The summed E-state index contributed by atoms with van der Waals surface area (Å²) in [7, 11) is 1.47. The van der Waals surface area contributed by atoms with Gasteiger partial charge >= 0.3 is 0 Å². The second kappa shape index (κ2) is 13.5. The van der Waals surface area contributed by atoms with Crippen LogP contribution in [-0.4, -0.2) is 55.6 Å². The van der Waals surface area contributed by atoms with Crippen LogP contribution in [0.3, 0.4) is 0 Å². The maximum atomic E-state index is 6.51. The number of aromatic nitrogens is 4. The van der Waals surface area contributed by atoms with Gasteiger partial charge in [0.15, 0.2) is 8.32 Å². The second-order valence-electron chi connectivity index (χ2n) is 12.4. The van der Waals surface area contributed by atoms with Crippen molar-refractivity contribution in [3.63, 3.8) is 0 Å². The Morgan fingerprint density at radius 2 is 1.44 bits per heavy atom. The number of hydrogen-bond donors (Lipinski definition) is 0. The van der Waals surface area contributed by atoms with Gasteiger partial charge in [-0.2, -0.15) is 0 Å². The zero-order valence-corrected chi connectivity index (χ0v) is 28.7. The topological polar surface area (TPSA) is 82.5 Å². The number of nitrogens with zero attached hydrogens (tertiary/aromatic N) is 5. The second-order valence-corrected chi connectivity index (χ2v) is 17.6. The fourth-order valence-corrected chi connectivity index (χ4v) is 6.00. The molecule has 0 spiro atoms. The Morgan fingerprint density at radius 1 is 0.756 bits per heavy atom. The van der Waals surface area contributed by atoms with Crippen molar-refractivity contribution in [2.24, 2.45) is 0 Å². The van der Waals surface area contributed by atoms with Crippen molar-refractivity contribution in [2.45, 2.75) is 45.3 Å². The zero-order chi connectivity index (χ0) is 32.2. The van der Waals surface area contributed by atoms with Gasteiger partial charge in [-0.1, -0.05) is 32.4 Å². The summed E-state index contributed by atoms with van der Waals surface area (Å²) in [4.78, 5) is 20.6. The number of halogens is 1. The summed E-state index contributed by atoms with van der Waals surface area (Å²) in [5, 5.41) is 0.574. The van der Waals surface area contributed by atoms with Gasteiger partial charge in [0.2, 0.25) is 0 Å². The van der Waals surface area contributed by atoms with Crippen LogP contribution in [0.5, 0.6) is 11.5 Å². The van der Waals surface area contributed by atoms with Crippen LogP contribution < -0.4 is 14.4 Å². The highest BCUT2D eigenvalue weighted by Gasteiger charge is 2.36. The number of rotatable bonds is 11. The third-order valence-corrected chi connectivity index (χ3v) is 13.1. The first-order valence-corrected chi connectivity index (χ1v) is 18.3. The van der Waals surface area contributed by atoms with Gasteiger partial charge in [0, 0.05) is 66.2 Å². The highest BCUT2D eigenvalue weighted by molar-refractivity contribution is 6.74. The number of pyridine rings is 2. The van der Waals surface area contributed by atoms with Gasteiger partial charge in [0.1, 0.15) is 16.7 Å². The molecule has 0 saturated heterocycles. The van der Waals surface area contributed by atoms with Crippen LogP contribution in [0.2, 0.25) is 23.3 Å². The van der Waals surface area contributed by atoms with Crippen molar-refractivity contribution < 1.29 is 13.9 Å². The van der Waals surface area contributed by atoms with E-state index in [9.17, 15) is 0 Å². The molecule has 3 aromatic heterocycles. The van der Waals surface area contributed by atoms with Crippen LogP contribution in [0.15, 0.2) is 79.3 Å². The number of anilines is 2. The Hall–Kier alpha value is -4.05. The molecule has 0 atom stereocenters. The molecule has 2 aromatic carbocycles. The molecule has 234 valence electrons. The summed E-state index contributed by atoms with van der Waals surface area (Å²) in [5.74, 6) is 1.44. The van der Waals surface area contributed by atoms with E-state index < -0.39 is 8.32 Å². The Balaban J connectivity index is 1.49. The maximum Gasteiger partial charge on any atom is 0.191 e. The van der Waals surface area contributed by atoms with Gasteiger partial charge in [-0.15, -0.1) is 0 Å². The van der Waals surface area contributed by atoms with E-state index in [1.165, 1.54) is 0 Å². The van der Waals surface area contributed by atoms with Gasteiger partial charge in [-0.3, -0.25) is 9.97 Å². The molecule has 0 saturated carbocycles. The molecule has 5 rings (SSSR count). The fourth-order valence-electron chi connectivity index (χ4n) is 4.74. The summed E-state index contributed by atoms with van der Waals surface area (Å²) in [6, 6.07) is 19.7. The molecule has 0 unspecified atom stereocenters. The lowest BCUT2D eigenvalue weighted by Gasteiger charge is -2.36. The highest BCUT2D eigenvalue weighted by atomic mass is 35.5. The van der Waals surface area contributed by atoms with Crippen LogP contribution in [0.1, 0.15) is 27.2 Å². The Kier molecular flexibility index (Phi) is 9.72. The molecule has 0 bridgehead atoms. The quantitative estimate of drug-likeness (QED) is 0.0803. The predicted octanol–water partition coefficient (Wildman–Crippen LogP) is 8.97. The van der Waals surface area contributed by atoms with Gasteiger partial charge in [0.05, 0.1) is 42.8 Å².